The summed E-state index contributed by atoms with van der Waals surface area (Å²) in [5, 5.41) is 24.2. The minimum absolute atomic E-state index is 0.200. The molecule has 1 aliphatic carbocycles. The van der Waals surface area contributed by atoms with E-state index in [0.717, 1.165) is 0 Å². The van der Waals surface area contributed by atoms with Crippen LogP contribution in [-0.4, -0.2) is 17.8 Å². The fourth-order valence-electron chi connectivity index (χ4n) is 2.47. The van der Waals surface area contributed by atoms with Crippen LogP contribution >= 0.6 is 0 Å². The van der Waals surface area contributed by atoms with E-state index in [4.69, 9.17) is 0 Å². The van der Waals surface area contributed by atoms with E-state index in [9.17, 15) is 24.6 Å². The van der Waals surface area contributed by atoms with Gasteiger partial charge in [0.15, 0.2) is 0 Å². The van der Waals surface area contributed by atoms with E-state index in [0.29, 0.717) is 17.7 Å². The largest absolute Gasteiger partial charge is 0.550 e. The van der Waals surface area contributed by atoms with Gasteiger partial charge < -0.3 is 25.1 Å². The Labute approximate surface area is 127 Å². The number of carbonyl (C=O) groups is 3. The van der Waals surface area contributed by atoms with E-state index in [1.54, 1.807) is 36.4 Å². The molecule has 0 bridgehead atoms. The van der Waals surface area contributed by atoms with E-state index in [-0.39, 0.29) is 18.7 Å². The summed E-state index contributed by atoms with van der Waals surface area (Å²) in [5.41, 5.74) is 1.05. The number of carboxylic acids is 2. The summed E-state index contributed by atoms with van der Waals surface area (Å²) < 4.78 is 0. The van der Waals surface area contributed by atoms with Crippen molar-refractivity contribution in [2.24, 2.45) is 11.8 Å². The molecular formula is C16H15NO5-2. The van der Waals surface area contributed by atoms with Gasteiger partial charge in [0, 0.05) is 30.0 Å². The van der Waals surface area contributed by atoms with Gasteiger partial charge >= 0.3 is 0 Å². The molecule has 0 radical (unpaired) electrons. The van der Waals surface area contributed by atoms with Crippen LogP contribution in [0.25, 0.3) is 0 Å². The SMILES string of the molecule is O=C([O-])Cc1ccc(NC(=O)[C@@H]2CC=CC[C@@H]2C(=O)[O-])cc1. The zero-order valence-electron chi connectivity index (χ0n) is 11.8. The van der Waals surface area contributed by atoms with Crippen LogP contribution in [0.2, 0.25) is 0 Å². The Hall–Kier alpha value is -2.63. The second-order valence-electron chi connectivity index (χ2n) is 5.21. The van der Waals surface area contributed by atoms with E-state index in [1.165, 1.54) is 0 Å². The van der Waals surface area contributed by atoms with Crippen LogP contribution in [0.15, 0.2) is 36.4 Å². The molecule has 0 saturated heterocycles. The van der Waals surface area contributed by atoms with Crippen LogP contribution in [-0.2, 0) is 20.8 Å². The molecule has 22 heavy (non-hydrogen) atoms. The first-order valence-electron chi connectivity index (χ1n) is 6.93. The summed E-state index contributed by atoms with van der Waals surface area (Å²) in [6.45, 7) is 0. The predicted molar refractivity (Wildman–Crippen MR) is 74.1 cm³/mol. The highest BCUT2D eigenvalue weighted by molar-refractivity contribution is 5.95. The third kappa shape index (κ3) is 3.94. The number of amides is 1. The summed E-state index contributed by atoms with van der Waals surface area (Å²) in [5.74, 6) is -4.29. The number of carboxylic acid groups (broad SMARTS) is 2. The Morgan fingerprint density at radius 1 is 1.00 bits per heavy atom. The molecule has 0 saturated carbocycles. The van der Waals surface area contributed by atoms with Crippen LogP contribution < -0.4 is 15.5 Å². The number of hydrogen-bond acceptors (Lipinski definition) is 5. The standard InChI is InChI=1S/C16H17NO5/c18-14(19)9-10-5-7-11(8-6-10)17-15(20)12-3-1-2-4-13(12)16(21)22/h1-2,5-8,12-13H,3-4,9H2,(H,17,20)(H,18,19)(H,21,22)/p-2/t12-,13+/m1/s1. The minimum atomic E-state index is -1.23. The van der Waals surface area contributed by atoms with Crippen molar-refractivity contribution in [3.8, 4) is 0 Å². The molecule has 0 fully saturated rings. The van der Waals surface area contributed by atoms with Gasteiger partial charge in [-0.2, -0.15) is 0 Å². The van der Waals surface area contributed by atoms with Crippen LogP contribution in [0.3, 0.4) is 0 Å². The molecule has 1 aliphatic rings. The number of carbonyl (C=O) groups excluding carboxylic acids is 3. The van der Waals surface area contributed by atoms with Crippen LogP contribution in [0, 0.1) is 11.8 Å². The number of nitrogens with one attached hydrogen (secondary N) is 1. The fraction of sp³-hybridized carbons (Fsp3) is 0.312. The van der Waals surface area contributed by atoms with Gasteiger partial charge in [0.05, 0.1) is 5.92 Å². The van der Waals surface area contributed by atoms with Crippen molar-refractivity contribution in [3.63, 3.8) is 0 Å². The van der Waals surface area contributed by atoms with Gasteiger partial charge in [0.2, 0.25) is 5.91 Å². The highest BCUT2D eigenvalue weighted by Crippen LogP contribution is 2.26. The number of benzene rings is 1. The fourth-order valence-corrected chi connectivity index (χ4v) is 2.47. The van der Waals surface area contributed by atoms with Crippen LogP contribution in [0.4, 0.5) is 5.69 Å². The lowest BCUT2D eigenvalue weighted by Crippen LogP contribution is -2.41. The highest BCUT2D eigenvalue weighted by Gasteiger charge is 2.29. The molecule has 6 heteroatoms. The van der Waals surface area contributed by atoms with Crippen molar-refractivity contribution in [2.45, 2.75) is 19.3 Å². The van der Waals surface area contributed by atoms with Gasteiger partial charge in [0.1, 0.15) is 0 Å². The Morgan fingerprint density at radius 3 is 2.14 bits per heavy atom. The van der Waals surface area contributed by atoms with Gasteiger partial charge in [-0.25, -0.2) is 0 Å². The summed E-state index contributed by atoms with van der Waals surface area (Å²) in [7, 11) is 0. The monoisotopic (exact) mass is 301 g/mol. The normalized spacial score (nSPS) is 20.4. The number of allylic oxidation sites excluding steroid dienone is 2. The van der Waals surface area contributed by atoms with E-state index in [2.05, 4.69) is 5.32 Å². The van der Waals surface area contributed by atoms with Gasteiger partial charge in [-0.05, 0) is 30.5 Å². The molecule has 0 heterocycles. The molecule has 0 aromatic heterocycles. The first-order valence-corrected chi connectivity index (χ1v) is 6.93. The van der Waals surface area contributed by atoms with Crippen molar-refractivity contribution in [3.05, 3.63) is 42.0 Å². The molecule has 2 rings (SSSR count). The lowest BCUT2D eigenvalue weighted by Gasteiger charge is -2.28. The molecule has 116 valence electrons. The quantitative estimate of drug-likeness (QED) is 0.720. The third-order valence-corrected chi connectivity index (χ3v) is 3.64. The number of aliphatic carboxylic acids is 2. The number of rotatable bonds is 5. The molecule has 2 atom stereocenters. The second-order valence-corrected chi connectivity index (χ2v) is 5.21. The third-order valence-electron chi connectivity index (χ3n) is 3.64. The van der Waals surface area contributed by atoms with E-state index >= 15 is 0 Å². The highest BCUT2D eigenvalue weighted by atomic mass is 16.4. The van der Waals surface area contributed by atoms with Gasteiger partial charge in [0.25, 0.3) is 0 Å². The van der Waals surface area contributed by atoms with Gasteiger partial charge in [-0.15, -0.1) is 0 Å². The molecule has 0 unspecified atom stereocenters. The van der Waals surface area contributed by atoms with Crippen LogP contribution in [0.1, 0.15) is 18.4 Å². The molecule has 1 aromatic carbocycles. The average molecular weight is 301 g/mol. The molecule has 6 nitrogen and oxygen atoms in total. The second kappa shape index (κ2) is 6.89. The van der Waals surface area contributed by atoms with E-state index in [1.807, 2.05) is 0 Å². The Kier molecular flexibility index (Phi) is 4.93. The maximum absolute atomic E-state index is 12.2. The smallest absolute Gasteiger partial charge is 0.228 e. The molecule has 1 amide bonds. The minimum Gasteiger partial charge on any atom is -0.550 e. The Balaban J connectivity index is 2.03. The summed E-state index contributed by atoms with van der Waals surface area (Å²) in [4.78, 5) is 33.8. The van der Waals surface area contributed by atoms with Crippen molar-refractivity contribution in [2.75, 3.05) is 5.32 Å². The van der Waals surface area contributed by atoms with Crippen LogP contribution in [0.5, 0.6) is 0 Å². The Morgan fingerprint density at radius 2 is 1.59 bits per heavy atom. The van der Waals surface area contributed by atoms with E-state index < -0.39 is 23.8 Å². The molecule has 0 spiro atoms. The zero-order valence-corrected chi connectivity index (χ0v) is 11.8. The topological polar surface area (TPSA) is 109 Å². The molecule has 1 aromatic rings. The zero-order chi connectivity index (χ0) is 16.1. The number of hydrogen-bond donors (Lipinski definition) is 1. The van der Waals surface area contributed by atoms with Crippen molar-refractivity contribution < 1.29 is 24.6 Å². The van der Waals surface area contributed by atoms with Gasteiger partial charge in [-0.3, -0.25) is 4.79 Å². The summed E-state index contributed by atoms with van der Waals surface area (Å²) >= 11 is 0. The predicted octanol–water partition coefficient (Wildman–Crippen LogP) is -0.750. The maximum Gasteiger partial charge on any atom is 0.228 e. The van der Waals surface area contributed by atoms with Crippen molar-refractivity contribution >= 4 is 23.5 Å². The Bertz CT molecular complexity index is 605. The molecule has 0 aliphatic heterocycles. The molecular weight excluding hydrogens is 286 g/mol. The summed E-state index contributed by atoms with van der Waals surface area (Å²) in [6, 6.07) is 6.29. The maximum atomic E-state index is 12.2. The number of anilines is 1. The lowest BCUT2D eigenvalue weighted by atomic mass is 9.82. The first-order chi connectivity index (χ1) is 10.5. The summed E-state index contributed by atoms with van der Waals surface area (Å²) in [6.07, 6.45) is 3.96. The average Bonchev–Trinajstić information content (AvgIpc) is 2.48. The van der Waals surface area contributed by atoms with Crippen molar-refractivity contribution in [1.29, 1.82) is 0 Å². The van der Waals surface area contributed by atoms with Crippen molar-refractivity contribution in [1.82, 2.24) is 0 Å². The molecule has 1 N–H and O–H groups in total. The van der Waals surface area contributed by atoms with Gasteiger partial charge in [-0.1, -0.05) is 24.3 Å². The lowest BCUT2D eigenvalue weighted by molar-refractivity contribution is -0.313. The first kappa shape index (κ1) is 15.8.